The first kappa shape index (κ1) is 30.3. The van der Waals surface area contributed by atoms with Crippen LogP contribution >= 0.6 is 0 Å². The van der Waals surface area contributed by atoms with E-state index in [1.165, 1.54) is 4.90 Å². The topological polar surface area (TPSA) is 105 Å². The Morgan fingerprint density at radius 1 is 0.953 bits per heavy atom. The Morgan fingerprint density at radius 2 is 1.60 bits per heavy atom. The lowest BCUT2D eigenvalue weighted by molar-refractivity contribution is -0.151. The molecule has 5 unspecified atom stereocenters. The average molecular weight is 585 g/mol. The minimum absolute atomic E-state index is 0.243. The van der Waals surface area contributed by atoms with E-state index >= 15 is 0 Å². The molecular formula is C35H40N2O6. The van der Waals surface area contributed by atoms with Gasteiger partial charge in [0.05, 0.1) is 24.6 Å². The molecule has 0 aliphatic carbocycles. The third-order valence-corrected chi connectivity index (χ3v) is 9.32. The standard InChI is InChI=1S/C35H40N2O6/c1-6-21(4)35(34(40)41)28-27(32(38)37(33(28)39)30-23(7-2)16-12-17-24(30)8-3)29(36-35)25-18-13-19-26(42-5)31(25)43-20-22-14-10-9-11-15-22/h9-19,21,27-29,36H,6-8,20H2,1-5H3,(H,40,41). The van der Waals surface area contributed by atoms with Gasteiger partial charge in [0.1, 0.15) is 12.1 Å². The first-order chi connectivity index (χ1) is 20.7. The number of amides is 2. The molecule has 3 aromatic rings. The SMILES string of the molecule is CCc1cccc(CC)c1N1C(=O)C2C(c3cccc(OC)c3OCc3ccccc3)NC(C(=O)O)(C(C)CC)C2C1=O. The van der Waals surface area contributed by atoms with Crippen LogP contribution in [0.3, 0.4) is 0 Å². The largest absolute Gasteiger partial charge is 0.493 e. The summed E-state index contributed by atoms with van der Waals surface area (Å²) in [4.78, 5) is 43.7. The molecule has 0 aromatic heterocycles. The molecule has 0 bridgehead atoms. The fourth-order valence-corrected chi connectivity index (χ4v) is 6.94. The van der Waals surface area contributed by atoms with Gasteiger partial charge in [0.25, 0.3) is 0 Å². The van der Waals surface area contributed by atoms with E-state index in [1.54, 1.807) is 19.2 Å². The highest BCUT2D eigenvalue weighted by Crippen LogP contribution is 2.55. The molecular weight excluding hydrogens is 544 g/mol. The van der Waals surface area contributed by atoms with Gasteiger partial charge in [-0.05, 0) is 41.5 Å². The number of nitrogens with zero attached hydrogens (tertiary/aromatic N) is 1. The van der Waals surface area contributed by atoms with Crippen molar-refractivity contribution in [3.8, 4) is 11.5 Å². The number of nitrogens with one attached hydrogen (secondary N) is 1. The van der Waals surface area contributed by atoms with Crippen LogP contribution in [0.2, 0.25) is 0 Å². The van der Waals surface area contributed by atoms with Crippen LogP contribution in [0.15, 0.2) is 66.7 Å². The van der Waals surface area contributed by atoms with E-state index < -0.39 is 47.1 Å². The number of fused-ring (bicyclic) bond motifs is 1. The van der Waals surface area contributed by atoms with Crippen LogP contribution < -0.4 is 19.7 Å². The molecule has 2 fully saturated rings. The first-order valence-corrected chi connectivity index (χ1v) is 15.1. The maximum Gasteiger partial charge on any atom is 0.325 e. The quantitative estimate of drug-likeness (QED) is 0.278. The number of aliphatic carboxylic acids is 1. The molecule has 2 heterocycles. The second kappa shape index (κ2) is 12.2. The summed E-state index contributed by atoms with van der Waals surface area (Å²) in [7, 11) is 1.54. The number of benzene rings is 3. The number of hydrogen-bond donors (Lipinski definition) is 2. The number of hydrogen-bond acceptors (Lipinski definition) is 6. The molecule has 8 nitrogen and oxygen atoms in total. The number of carbonyl (C=O) groups excluding carboxylic acids is 2. The summed E-state index contributed by atoms with van der Waals surface area (Å²) in [6.45, 7) is 7.95. The van der Waals surface area contributed by atoms with Crippen molar-refractivity contribution in [2.75, 3.05) is 12.0 Å². The summed E-state index contributed by atoms with van der Waals surface area (Å²) >= 11 is 0. The average Bonchev–Trinajstić information content (AvgIpc) is 3.53. The zero-order chi connectivity index (χ0) is 30.9. The molecule has 5 atom stereocenters. The Balaban J connectivity index is 1.69. The Hall–Kier alpha value is -4.17. The van der Waals surface area contributed by atoms with Gasteiger partial charge in [-0.2, -0.15) is 0 Å². The number of methoxy groups -OCH3 is 1. The van der Waals surface area contributed by atoms with E-state index in [0.717, 1.165) is 16.7 Å². The Labute approximate surface area is 253 Å². The predicted octanol–water partition coefficient (Wildman–Crippen LogP) is 5.72. The summed E-state index contributed by atoms with van der Waals surface area (Å²) in [6, 6.07) is 20.0. The van der Waals surface area contributed by atoms with Gasteiger partial charge in [-0.15, -0.1) is 0 Å². The highest BCUT2D eigenvalue weighted by Gasteiger charge is 2.70. The fraction of sp³-hybridized carbons (Fsp3) is 0.400. The van der Waals surface area contributed by atoms with Gasteiger partial charge in [-0.25, -0.2) is 4.90 Å². The number of rotatable bonds is 11. The number of aryl methyl sites for hydroxylation is 2. The molecule has 0 saturated carbocycles. The Bertz CT molecular complexity index is 1500. The molecule has 2 aliphatic rings. The smallest absolute Gasteiger partial charge is 0.325 e. The van der Waals surface area contributed by atoms with Gasteiger partial charge >= 0.3 is 5.97 Å². The third-order valence-electron chi connectivity index (χ3n) is 9.32. The maximum absolute atomic E-state index is 14.6. The van der Waals surface area contributed by atoms with Crippen molar-refractivity contribution in [1.29, 1.82) is 0 Å². The van der Waals surface area contributed by atoms with Gasteiger partial charge in [0.2, 0.25) is 11.8 Å². The maximum atomic E-state index is 14.6. The van der Waals surface area contributed by atoms with Gasteiger partial charge < -0.3 is 14.6 Å². The Kier molecular flexibility index (Phi) is 8.60. The highest BCUT2D eigenvalue weighted by molar-refractivity contribution is 6.25. The van der Waals surface area contributed by atoms with Crippen molar-refractivity contribution in [3.05, 3.63) is 89.0 Å². The van der Waals surface area contributed by atoms with Crippen molar-refractivity contribution in [2.24, 2.45) is 17.8 Å². The second-order valence-corrected chi connectivity index (χ2v) is 11.4. The summed E-state index contributed by atoms with van der Waals surface area (Å²) in [5.74, 6) is -3.66. The molecule has 8 heteroatoms. The monoisotopic (exact) mass is 584 g/mol. The lowest BCUT2D eigenvalue weighted by Gasteiger charge is -2.36. The minimum Gasteiger partial charge on any atom is -0.493 e. The minimum atomic E-state index is -1.67. The van der Waals surface area contributed by atoms with Crippen LogP contribution in [0, 0.1) is 17.8 Å². The summed E-state index contributed by atoms with van der Waals surface area (Å²) in [5, 5.41) is 14.2. The molecule has 2 aliphatic heterocycles. The zero-order valence-electron chi connectivity index (χ0n) is 25.4. The van der Waals surface area contributed by atoms with Crippen LogP contribution in [0.4, 0.5) is 5.69 Å². The number of imide groups is 1. The zero-order valence-corrected chi connectivity index (χ0v) is 25.4. The second-order valence-electron chi connectivity index (χ2n) is 11.4. The van der Waals surface area contributed by atoms with Crippen molar-refractivity contribution in [2.45, 2.75) is 65.1 Å². The fourth-order valence-electron chi connectivity index (χ4n) is 6.94. The highest BCUT2D eigenvalue weighted by atomic mass is 16.5. The molecule has 5 rings (SSSR count). The number of ether oxygens (including phenoxy) is 2. The summed E-state index contributed by atoms with van der Waals surface area (Å²) in [6.07, 6.45) is 1.75. The summed E-state index contributed by atoms with van der Waals surface area (Å²) in [5.41, 5.74) is 2.20. The number of anilines is 1. The van der Waals surface area contributed by atoms with Crippen LogP contribution in [-0.2, 0) is 33.8 Å². The van der Waals surface area contributed by atoms with Crippen molar-refractivity contribution < 1.29 is 29.0 Å². The van der Waals surface area contributed by atoms with E-state index in [0.29, 0.717) is 42.0 Å². The Morgan fingerprint density at radius 3 is 2.19 bits per heavy atom. The first-order valence-electron chi connectivity index (χ1n) is 15.1. The molecule has 0 radical (unpaired) electrons. The molecule has 226 valence electrons. The van der Waals surface area contributed by atoms with Crippen LogP contribution in [0.5, 0.6) is 11.5 Å². The van der Waals surface area contributed by atoms with Gasteiger partial charge in [0.15, 0.2) is 11.5 Å². The van der Waals surface area contributed by atoms with Crippen molar-refractivity contribution in [1.82, 2.24) is 5.32 Å². The number of carboxylic acids is 1. The van der Waals surface area contributed by atoms with Gasteiger partial charge in [-0.1, -0.05) is 94.8 Å². The lowest BCUT2D eigenvalue weighted by atomic mass is 9.72. The van der Waals surface area contributed by atoms with Crippen molar-refractivity contribution >= 4 is 23.5 Å². The van der Waals surface area contributed by atoms with E-state index in [1.807, 2.05) is 82.3 Å². The number of para-hydroxylation sites is 2. The van der Waals surface area contributed by atoms with Crippen LogP contribution in [0.1, 0.15) is 62.4 Å². The predicted molar refractivity (Wildman–Crippen MR) is 164 cm³/mol. The van der Waals surface area contributed by atoms with Crippen LogP contribution in [0.25, 0.3) is 0 Å². The number of carboxylic acid groups (broad SMARTS) is 1. The van der Waals surface area contributed by atoms with Gasteiger partial charge in [0, 0.05) is 11.6 Å². The summed E-state index contributed by atoms with van der Waals surface area (Å²) < 4.78 is 12.0. The lowest BCUT2D eigenvalue weighted by Crippen LogP contribution is -2.60. The molecule has 2 amide bonds. The van der Waals surface area contributed by atoms with E-state index in [-0.39, 0.29) is 6.61 Å². The molecule has 0 spiro atoms. The van der Waals surface area contributed by atoms with Crippen molar-refractivity contribution in [3.63, 3.8) is 0 Å². The molecule has 3 aromatic carbocycles. The van der Waals surface area contributed by atoms with E-state index in [4.69, 9.17) is 9.47 Å². The van der Waals surface area contributed by atoms with Crippen LogP contribution in [-0.4, -0.2) is 35.5 Å². The third kappa shape index (κ3) is 4.87. The number of carbonyl (C=O) groups is 3. The normalized spacial score (nSPS) is 23.7. The van der Waals surface area contributed by atoms with E-state index in [9.17, 15) is 19.5 Å². The van der Waals surface area contributed by atoms with E-state index in [2.05, 4.69) is 5.32 Å². The molecule has 43 heavy (non-hydrogen) atoms. The van der Waals surface area contributed by atoms with Gasteiger partial charge in [-0.3, -0.25) is 19.7 Å². The molecule has 2 saturated heterocycles. The molecule has 2 N–H and O–H groups in total.